The van der Waals surface area contributed by atoms with Crippen LogP contribution in [0, 0.1) is 17.6 Å². The Balaban J connectivity index is 3.01. The molecule has 0 heterocycles. The van der Waals surface area contributed by atoms with E-state index in [0.29, 0.717) is 6.07 Å². The predicted octanol–water partition coefficient (Wildman–Crippen LogP) is 2.13. The summed E-state index contributed by atoms with van der Waals surface area (Å²) in [4.78, 5) is 23.9. The molecular weight excluding hydrogens is 256 g/mol. The van der Waals surface area contributed by atoms with Gasteiger partial charge >= 0.3 is 5.97 Å². The molecule has 0 aliphatic rings. The fourth-order valence-corrected chi connectivity index (χ4v) is 1.65. The molecule has 0 aromatic heterocycles. The first-order valence-electron chi connectivity index (χ1n) is 5.67. The molecule has 1 amide bonds. The number of anilines is 1. The first-order chi connectivity index (χ1) is 8.86. The standard InChI is InChI=1S/C13H15F2NO3/c1-8(13(18)19-3)7-16(9(2)17)12-5-4-10(14)6-11(12)15/h4-6,8H,7H2,1-3H3. The lowest BCUT2D eigenvalue weighted by molar-refractivity contribution is -0.144. The van der Waals surface area contributed by atoms with Gasteiger partial charge in [-0.25, -0.2) is 8.78 Å². The van der Waals surface area contributed by atoms with Crippen molar-refractivity contribution in [3.8, 4) is 0 Å². The van der Waals surface area contributed by atoms with Crippen molar-refractivity contribution in [1.82, 2.24) is 0 Å². The molecule has 0 spiro atoms. The van der Waals surface area contributed by atoms with Crippen LogP contribution in [-0.4, -0.2) is 25.5 Å². The first kappa shape index (κ1) is 15.1. The fraction of sp³-hybridized carbons (Fsp3) is 0.385. The van der Waals surface area contributed by atoms with Gasteiger partial charge in [0.05, 0.1) is 18.7 Å². The van der Waals surface area contributed by atoms with Crippen molar-refractivity contribution >= 4 is 17.6 Å². The second kappa shape index (κ2) is 6.26. The molecule has 0 fully saturated rings. The number of esters is 1. The number of halogens is 2. The van der Waals surface area contributed by atoms with E-state index < -0.39 is 29.4 Å². The van der Waals surface area contributed by atoms with E-state index in [-0.39, 0.29) is 12.2 Å². The average Bonchev–Trinajstić information content (AvgIpc) is 2.35. The summed E-state index contributed by atoms with van der Waals surface area (Å²) in [5.41, 5.74) is -0.0651. The van der Waals surface area contributed by atoms with Crippen LogP contribution in [0.1, 0.15) is 13.8 Å². The van der Waals surface area contributed by atoms with Gasteiger partial charge in [0.1, 0.15) is 11.6 Å². The third kappa shape index (κ3) is 3.74. The van der Waals surface area contributed by atoms with Gasteiger partial charge in [0.25, 0.3) is 0 Å². The van der Waals surface area contributed by atoms with Crippen LogP contribution in [-0.2, 0) is 14.3 Å². The molecule has 1 atom stereocenters. The number of methoxy groups -OCH3 is 1. The molecule has 1 unspecified atom stereocenters. The third-order valence-corrected chi connectivity index (χ3v) is 2.64. The van der Waals surface area contributed by atoms with Gasteiger partial charge in [-0.1, -0.05) is 6.92 Å². The summed E-state index contributed by atoms with van der Waals surface area (Å²) in [6.45, 7) is 2.76. The number of nitrogens with zero attached hydrogens (tertiary/aromatic N) is 1. The predicted molar refractivity (Wildman–Crippen MR) is 65.6 cm³/mol. The van der Waals surface area contributed by atoms with Gasteiger partial charge in [0, 0.05) is 19.5 Å². The van der Waals surface area contributed by atoms with Gasteiger partial charge in [0.2, 0.25) is 5.91 Å². The molecule has 0 saturated heterocycles. The van der Waals surface area contributed by atoms with Crippen LogP contribution in [0.4, 0.5) is 14.5 Å². The Bertz CT molecular complexity index is 491. The molecule has 6 heteroatoms. The largest absolute Gasteiger partial charge is 0.469 e. The van der Waals surface area contributed by atoms with Crippen molar-refractivity contribution in [2.75, 3.05) is 18.6 Å². The van der Waals surface area contributed by atoms with Gasteiger partial charge < -0.3 is 9.64 Å². The van der Waals surface area contributed by atoms with Crippen molar-refractivity contribution in [1.29, 1.82) is 0 Å². The molecule has 0 aliphatic heterocycles. The lowest BCUT2D eigenvalue weighted by atomic mass is 10.1. The van der Waals surface area contributed by atoms with Crippen LogP contribution in [0.3, 0.4) is 0 Å². The van der Waals surface area contributed by atoms with Crippen molar-refractivity contribution in [3.05, 3.63) is 29.8 Å². The minimum atomic E-state index is -0.854. The zero-order chi connectivity index (χ0) is 14.6. The van der Waals surface area contributed by atoms with E-state index >= 15 is 0 Å². The Hall–Kier alpha value is -1.98. The normalized spacial score (nSPS) is 11.8. The van der Waals surface area contributed by atoms with Crippen LogP contribution in [0.15, 0.2) is 18.2 Å². The van der Waals surface area contributed by atoms with E-state index in [1.165, 1.54) is 14.0 Å². The molecule has 1 rings (SSSR count). The van der Waals surface area contributed by atoms with Gasteiger partial charge in [-0.2, -0.15) is 0 Å². The monoisotopic (exact) mass is 271 g/mol. The number of benzene rings is 1. The molecule has 0 aliphatic carbocycles. The smallest absolute Gasteiger partial charge is 0.310 e. The molecule has 104 valence electrons. The molecule has 0 saturated carbocycles. The zero-order valence-corrected chi connectivity index (χ0v) is 10.9. The van der Waals surface area contributed by atoms with Crippen LogP contribution >= 0.6 is 0 Å². The number of carbonyl (C=O) groups excluding carboxylic acids is 2. The van der Waals surface area contributed by atoms with Gasteiger partial charge in [-0.05, 0) is 12.1 Å². The zero-order valence-electron chi connectivity index (χ0n) is 10.9. The maximum absolute atomic E-state index is 13.6. The minimum absolute atomic E-state index is 0.0371. The van der Waals surface area contributed by atoms with E-state index in [1.54, 1.807) is 6.92 Å². The highest BCUT2D eigenvalue weighted by molar-refractivity contribution is 5.92. The summed E-state index contributed by atoms with van der Waals surface area (Å²) in [5.74, 6) is -3.15. The fourth-order valence-electron chi connectivity index (χ4n) is 1.65. The van der Waals surface area contributed by atoms with E-state index in [4.69, 9.17) is 0 Å². The number of ether oxygens (including phenoxy) is 1. The Morgan fingerprint density at radius 1 is 1.37 bits per heavy atom. The highest BCUT2D eigenvalue weighted by Crippen LogP contribution is 2.21. The Labute approximate surface area is 110 Å². The molecular formula is C13H15F2NO3. The Morgan fingerprint density at radius 3 is 2.47 bits per heavy atom. The van der Waals surface area contributed by atoms with E-state index in [9.17, 15) is 18.4 Å². The van der Waals surface area contributed by atoms with E-state index in [0.717, 1.165) is 17.0 Å². The van der Waals surface area contributed by atoms with E-state index in [2.05, 4.69) is 4.74 Å². The third-order valence-electron chi connectivity index (χ3n) is 2.64. The minimum Gasteiger partial charge on any atom is -0.469 e. The van der Waals surface area contributed by atoms with E-state index in [1.807, 2.05) is 0 Å². The quantitative estimate of drug-likeness (QED) is 0.788. The second-order valence-electron chi connectivity index (χ2n) is 4.15. The molecule has 1 aromatic rings. The highest BCUT2D eigenvalue weighted by atomic mass is 19.1. The molecule has 0 N–H and O–H groups in total. The van der Waals surface area contributed by atoms with Crippen LogP contribution < -0.4 is 4.90 Å². The summed E-state index contributed by atoms with van der Waals surface area (Å²) >= 11 is 0. The summed E-state index contributed by atoms with van der Waals surface area (Å²) in [6, 6.07) is 2.90. The number of hydrogen-bond donors (Lipinski definition) is 0. The molecule has 1 aromatic carbocycles. The summed E-state index contributed by atoms with van der Waals surface area (Å²) in [6.07, 6.45) is 0. The number of carbonyl (C=O) groups is 2. The molecule has 19 heavy (non-hydrogen) atoms. The van der Waals surface area contributed by atoms with Crippen LogP contribution in [0.25, 0.3) is 0 Å². The lowest BCUT2D eigenvalue weighted by Gasteiger charge is -2.24. The maximum atomic E-state index is 13.6. The molecule has 4 nitrogen and oxygen atoms in total. The van der Waals surface area contributed by atoms with Gasteiger partial charge in [0.15, 0.2) is 0 Å². The number of hydrogen-bond acceptors (Lipinski definition) is 3. The van der Waals surface area contributed by atoms with Crippen molar-refractivity contribution in [2.24, 2.45) is 5.92 Å². The highest BCUT2D eigenvalue weighted by Gasteiger charge is 2.22. The van der Waals surface area contributed by atoms with Crippen LogP contribution in [0.5, 0.6) is 0 Å². The molecule has 0 bridgehead atoms. The van der Waals surface area contributed by atoms with Crippen molar-refractivity contribution in [2.45, 2.75) is 13.8 Å². The first-order valence-corrected chi connectivity index (χ1v) is 5.67. The lowest BCUT2D eigenvalue weighted by Crippen LogP contribution is -2.36. The number of rotatable bonds is 4. The van der Waals surface area contributed by atoms with Crippen molar-refractivity contribution < 1.29 is 23.1 Å². The second-order valence-corrected chi connectivity index (χ2v) is 4.15. The van der Waals surface area contributed by atoms with Gasteiger partial charge in [-0.3, -0.25) is 9.59 Å². The SMILES string of the molecule is COC(=O)C(C)CN(C(C)=O)c1ccc(F)cc1F. The van der Waals surface area contributed by atoms with Crippen molar-refractivity contribution in [3.63, 3.8) is 0 Å². The maximum Gasteiger partial charge on any atom is 0.310 e. The Kier molecular flexibility index (Phi) is 4.97. The summed E-state index contributed by atoms with van der Waals surface area (Å²) < 4.78 is 31.0. The Morgan fingerprint density at radius 2 is 2.00 bits per heavy atom. The summed E-state index contributed by atoms with van der Waals surface area (Å²) in [7, 11) is 1.23. The molecule has 0 radical (unpaired) electrons. The summed E-state index contributed by atoms with van der Waals surface area (Å²) in [5, 5.41) is 0. The number of amides is 1. The topological polar surface area (TPSA) is 46.6 Å². The average molecular weight is 271 g/mol. The van der Waals surface area contributed by atoms with Gasteiger partial charge in [-0.15, -0.1) is 0 Å². The van der Waals surface area contributed by atoms with Crippen LogP contribution in [0.2, 0.25) is 0 Å².